The van der Waals surface area contributed by atoms with Crippen molar-refractivity contribution in [2.45, 2.75) is 45.1 Å². The third kappa shape index (κ3) is 7.00. The van der Waals surface area contributed by atoms with E-state index >= 15 is 0 Å². The standard InChI is InChI=1S/C19H27ClN2O2S/c1-2-17(21-18(23)15-7-9-16(20)10-8-15)19(24)25-14-13-22-11-5-3-4-6-12-22/h7-10,17H,2-6,11-14H2,1H3,(H,21,23). The van der Waals surface area contributed by atoms with Crippen molar-refractivity contribution in [3.63, 3.8) is 0 Å². The summed E-state index contributed by atoms with van der Waals surface area (Å²) in [6, 6.07) is 6.24. The number of nitrogens with zero attached hydrogens (tertiary/aromatic N) is 1. The summed E-state index contributed by atoms with van der Waals surface area (Å²) in [6.45, 7) is 5.14. The topological polar surface area (TPSA) is 49.4 Å². The van der Waals surface area contributed by atoms with Crippen LogP contribution in [0.5, 0.6) is 0 Å². The predicted molar refractivity (Wildman–Crippen MR) is 105 cm³/mol. The van der Waals surface area contributed by atoms with Crippen molar-refractivity contribution in [3.05, 3.63) is 34.9 Å². The molecule has 1 unspecified atom stereocenters. The smallest absolute Gasteiger partial charge is 0.251 e. The first-order chi connectivity index (χ1) is 12.1. The van der Waals surface area contributed by atoms with E-state index in [1.165, 1.54) is 37.4 Å². The Labute approximate surface area is 159 Å². The quantitative estimate of drug-likeness (QED) is 0.774. The third-order valence-electron chi connectivity index (χ3n) is 4.46. The van der Waals surface area contributed by atoms with Crippen LogP contribution in [0.2, 0.25) is 5.02 Å². The summed E-state index contributed by atoms with van der Waals surface area (Å²) < 4.78 is 0. The summed E-state index contributed by atoms with van der Waals surface area (Å²) in [5.74, 6) is 0.552. The Bertz CT molecular complexity index is 557. The fourth-order valence-electron chi connectivity index (χ4n) is 2.91. The van der Waals surface area contributed by atoms with Crippen molar-refractivity contribution in [1.82, 2.24) is 10.2 Å². The van der Waals surface area contributed by atoms with Gasteiger partial charge in [0.05, 0.1) is 6.04 Å². The normalized spacial score (nSPS) is 16.9. The van der Waals surface area contributed by atoms with Gasteiger partial charge in [-0.15, -0.1) is 0 Å². The van der Waals surface area contributed by atoms with Crippen LogP contribution in [0.4, 0.5) is 0 Å². The summed E-state index contributed by atoms with van der Waals surface area (Å²) in [5, 5.41) is 3.46. The van der Waals surface area contributed by atoms with Crippen molar-refractivity contribution >= 4 is 34.4 Å². The van der Waals surface area contributed by atoms with Crippen LogP contribution < -0.4 is 5.32 Å². The Balaban J connectivity index is 1.77. The molecule has 1 aliphatic heterocycles. The zero-order chi connectivity index (χ0) is 18.1. The van der Waals surface area contributed by atoms with Crippen molar-refractivity contribution in [2.24, 2.45) is 0 Å². The van der Waals surface area contributed by atoms with Gasteiger partial charge in [-0.2, -0.15) is 0 Å². The van der Waals surface area contributed by atoms with Gasteiger partial charge in [0, 0.05) is 22.9 Å². The molecule has 1 saturated heterocycles. The van der Waals surface area contributed by atoms with E-state index in [0.717, 1.165) is 25.4 Å². The molecule has 0 aliphatic carbocycles. The molecule has 1 aromatic rings. The Kier molecular flexibility index (Phi) is 8.79. The zero-order valence-electron chi connectivity index (χ0n) is 14.8. The molecule has 0 radical (unpaired) electrons. The summed E-state index contributed by atoms with van der Waals surface area (Å²) in [4.78, 5) is 27.1. The molecule has 1 aromatic carbocycles. The maximum Gasteiger partial charge on any atom is 0.251 e. The Morgan fingerprint density at radius 2 is 1.80 bits per heavy atom. The van der Waals surface area contributed by atoms with Gasteiger partial charge in [-0.05, 0) is 56.6 Å². The number of benzene rings is 1. The molecule has 138 valence electrons. The molecule has 0 bridgehead atoms. The van der Waals surface area contributed by atoms with Crippen LogP contribution in [0.25, 0.3) is 0 Å². The van der Waals surface area contributed by atoms with Gasteiger partial charge in [-0.1, -0.05) is 43.1 Å². The monoisotopic (exact) mass is 382 g/mol. The molecule has 1 amide bonds. The number of likely N-dealkylation sites (tertiary alicyclic amines) is 1. The number of thioether (sulfide) groups is 1. The van der Waals surface area contributed by atoms with Gasteiger partial charge in [0.15, 0.2) is 0 Å². The summed E-state index contributed by atoms with van der Waals surface area (Å²) in [6.07, 6.45) is 5.74. The van der Waals surface area contributed by atoms with E-state index in [4.69, 9.17) is 11.6 Å². The highest BCUT2D eigenvalue weighted by atomic mass is 35.5. The van der Waals surface area contributed by atoms with Gasteiger partial charge in [0.2, 0.25) is 5.12 Å². The van der Waals surface area contributed by atoms with Crippen LogP contribution in [-0.4, -0.2) is 47.4 Å². The third-order valence-corrected chi connectivity index (χ3v) is 5.66. The van der Waals surface area contributed by atoms with Crippen molar-refractivity contribution in [1.29, 1.82) is 0 Å². The highest BCUT2D eigenvalue weighted by molar-refractivity contribution is 8.13. The van der Waals surface area contributed by atoms with Crippen LogP contribution >= 0.6 is 23.4 Å². The van der Waals surface area contributed by atoms with Crippen LogP contribution in [0.1, 0.15) is 49.4 Å². The fraction of sp³-hybridized carbons (Fsp3) is 0.579. The zero-order valence-corrected chi connectivity index (χ0v) is 16.4. The number of nitrogens with one attached hydrogen (secondary N) is 1. The Morgan fingerprint density at radius 3 is 2.40 bits per heavy atom. The number of hydrogen-bond acceptors (Lipinski definition) is 4. The second-order valence-electron chi connectivity index (χ2n) is 6.36. The molecule has 0 spiro atoms. The SMILES string of the molecule is CCC(NC(=O)c1ccc(Cl)cc1)C(=O)SCCN1CCCCCC1. The van der Waals surface area contributed by atoms with Crippen LogP contribution in [-0.2, 0) is 4.79 Å². The fourth-order valence-corrected chi connectivity index (χ4v) is 4.01. The molecule has 1 heterocycles. The number of halogens is 1. The molecule has 0 saturated carbocycles. The largest absolute Gasteiger partial charge is 0.341 e. The first kappa shape index (κ1) is 20.3. The van der Waals surface area contributed by atoms with Crippen molar-refractivity contribution in [2.75, 3.05) is 25.4 Å². The Morgan fingerprint density at radius 1 is 1.16 bits per heavy atom. The molecule has 1 N–H and O–H groups in total. The highest BCUT2D eigenvalue weighted by Gasteiger charge is 2.20. The van der Waals surface area contributed by atoms with Crippen LogP contribution in [0.15, 0.2) is 24.3 Å². The van der Waals surface area contributed by atoms with Crippen molar-refractivity contribution in [3.8, 4) is 0 Å². The van der Waals surface area contributed by atoms with E-state index in [2.05, 4.69) is 10.2 Å². The van der Waals surface area contributed by atoms with E-state index in [-0.39, 0.29) is 11.0 Å². The highest BCUT2D eigenvalue weighted by Crippen LogP contribution is 2.14. The van der Waals surface area contributed by atoms with Crippen molar-refractivity contribution < 1.29 is 9.59 Å². The Hall–Kier alpha value is -1.04. The lowest BCUT2D eigenvalue weighted by Crippen LogP contribution is -2.39. The predicted octanol–water partition coefficient (Wildman–Crippen LogP) is 3.98. The first-order valence-corrected chi connectivity index (χ1v) is 10.4. The molecular weight excluding hydrogens is 356 g/mol. The molecule has 1 aliphatic rings. The molecule has 4 nitrogen and oxygen atoms in total. The van der Waals surface area contributed by atoms with E-state index < -0.39 is 6.04 Å². The summed E-state index contributed by atoms with van der Waals surface area (Å²) in [5.41, 5.74) is 0.519. The lowest BCUT2D eigenvalue weighted by atomic mass is 10.2. The minimum absolute atomic E-state index is 0.0413. The number of amides is 1. The number of carbonyl (C=O) groups excluding carboxylic acids is 2. The van der Waals surface area contributed by atoms with Gasteiger partial charge >= 0.3 is 0 Å². The molecule has 2 rings (SSSR count). The molecule has 6 heteroatoms. The second-order valence-corrected chi connectivity index (χ2v) is 7.90. The van der Waals surface area contributed by atoms with E-state index in [0.29, 0.717) is 17.0 Å². The van der Waals surface area contributed by atoms with Gasteiger partial charge in [-0.25, -0.2) is 0 Å². The van der Waals surface area contributed by atoms with E-state index in [1.807, 2.05) is 6.92 Å². The van der Waals surface area contributed by atoms with E-state index in [1.54, 1.807) is 24.3 Å². The maximum atomic E-state index is 12.4. The van der Waals surface area contributed by atoms with Gasteiger partial charge < -0.3 is 10.2 Å². The summed E-state index contributed by atoms with van der Waals surface area (Å²) in [7, 11) is 0. The second kappa shape index (κ2) is 10.8. The molecule has 1 atom stereocenters. The molecule has 0 aromatic heterocycles. The van der Waals surface area contributed by atoms with Crippen LogP contribution in [0, 0.1) is 0 Å². The molecule has 1 fully saturated rings. The molecular formula is C19H27ClN2O2S. The minimum atomic E-state index is -0.447. The van der Waals surface area contributed by atoms with Crippen LogP contribution in [0.3, 0.4) is 0 Å². The first-order valence-electron chi connectivity index (χ1n) is 9.05. The summed E-state index contributed by atoms with van der Waals surface area (Å²) >= 11 is 7.17. The number of carbonyl (C=O) groups is 2. The lowest BCUT2D eigenvalue weighted by Gasteiger charge is -2.20. The van der Waals surface area contributed by atoms with E-state index in [9.17, 15) is 9.59 Å². The minimum Gasteiger partial charge on any atom is -0.341 e. The maximum absolute atomic E-state index is 12.4. The number of hydrogen-bond donors (Lipinski definition) is 1. The van der Waals surface area contributed by atoms with Gasteiger partial charge in [0.25, 0.3) is 5.91 Å². The number of rotatable bonds is 7. The average Bonchev–Trinajstić information content (AvgIpc) is 2.88. The average molecular weight is 383 g/mol. The van der Waals surface area contributed by atoms with Gasteiger partial charge in [-0.3, -0.25) is 9.59 Å². The van der Waals surface area contributed by atoms with Gasteiger partial charge in [0.1, 0.15) is 0 Å². The lowest BCUT2D eigenvalue weighted by molar-refractivity contribution is -0.112. The molecule has 25 heavy (non-hydrogen) atoms.